The summed E-state index contributed by atoms with van der Waals surface area (Å²) in [6.07, 6.45) is 3.66. The Hall–Kier alpha value is -2.50. The third-order valence-electron chi connectivity index (χ3n) is 3.33. The van der Waals surface area contributed by atoms with E-state index in [1.54, 1.807) is 30.4 Å². The number of carboxylic acids is 1. The summed E-state index contributed by atoms with van der Waals surface area (Å²) in [5.41, 5.74) is 0.401. The van der Waals surface area contributed by atoms with Crippen LogP contribution in [0, 0.1) is 5.92 Å². The molecular formula is C15H17NO5. The van der Waals surface area contributed by atoms with Crippen molar-refractivity contribution in [2.45, 2.75) is 12.5 Å². The molecule has 0 fully saturated rings. The number of amides is 1. The van der Waals surface area contributed by atoms with Gasteiger partial charge in [0.05, 0.1) is 20.1 Å². The van der Waals surface area contributed by atoms with E-state index in [1.807, 2.05) is 0 Å². The van der Waals surface area contributed by atoms with Gasteiger partial charge in [0, 0.05) is 17.7 Å². The highest BCUT2D eigenvalue weighted by atomic mass is 16.5. The van der Waals surface area contributed by atoms with Gasteiger partial charge in [-0.15, -0.1) is 0 Å². The molecule has 0 radical (unpaired) electrons. The van der Waals surface area contributed by atoms with Crippen molar-refractivity contribution in [1.82, 2.24) is 5.32 Å². The smallest absolute Gasteiger partial charge is 0.310 e. The minimum absolute atomic E-state index is 0.282. The largest absolute Gasteiger partial charge is 0.497 e. The number of benzene rings is 1. The summed E-state index contributed by atoms with van der Waals surface area (Å²) in [4.78, 5) is 23.1. The van der Waals surface area contributed by atoms with Crippen molar-refractivity contribution in [3.63, 3.8) is 0 Å². The highest BCUT2D eigenvalue weighted by molar-refractivity contribution is 5.95. The zero-order chi connectivity index (χ0) is 15.4. The van der Waals surface area contributed by atoms with Gasteiger partial charge < -0.3 is 19.9 Å². The van der Waals surface area contributed by atoms with Gasteiger partial charge >= 0.3 is 5.97 Å². The maximum Gasteiger partial charge on any atom is 0.310 e. The van der Waals surface area contributed by atoms with Crippen LogP contribution in [0.4, 0.5) is 0 Å². The molecule has 2 rings (SSSR count). The second-order valence-corrected chi connectivity index (χ2v) is 4.75. The van der Waals surface area contributed by atoms with Gasteiger partial charge in [-0.3, -0.25) is 9.59 Å². The van der Waals surface area contributed by atoms with E-state index in [4.69, 9.17) is 14.6 Å². The van der Waals surface area contributed by atoms with E-state index in [2.05, 4.69) is 5.32 Å². The molecule has 0 spiro atoms. The Balaban J connectivity index is 2.07. The van der Waals surface area contributed by atoms with Crippen LogP contribution in [0.1, 0.15) is 16.8 Å². The minimum Gasteiger partial charge on any atom is -0.497 e. The Bertz CT molecular complexity index is 559. The van der Waals surface area contributed by atoms with Crippen molar-refractivity contribution in [1.29, 1.82) is 0 Å². The van der Waals surface area contributed by atoms with Crippen molar-refractivity contribution in [3.8, 4) is 11.5 Å². The maximum absolute atomic E-state index is 12.2. The molecule has 1 aromatic carbocycles. The van der Waals surface area contributed by atoms with E-state index in [0.29, 0.717) is 23.5 Å². The number of carbonyl (C=O) groups excluding carboxylic acids is 1. The number of methoxy groups -OCH3 is 2. The molecule has 1 amide bonds. The number of carboxylic acid groups (broad SMARTS) is 1. The monoisotopic (exact) mass is 291 g/mol. The lowest BCUT2D eigenvalue weighted by Crippen LogP contribution is -2.33. The Labute approximate surface area is 122 Å². The average molecular weight is 291 g/mol. The first-order chi connectivity index (χ1) is 10.0. The van der Waals surface area contributed by atoms with Gasteiger partial charge in [0.15, 0.2) is 0 Å². The van der Waals surface area contributed by atoms with E-state index in [9.17, 15) is 9.59 Å². The zero-order valence-corrected chi connectivity index (χ0v) is 11.8. The predicted molar refractivity (Wildman–Crippen MR) is 75.7 cm³/mol. The normalized spacial score (nSPS) is 20.1. The summed E-state index contributed by atoms with van der Waals surface area (Å²) in [6.45, 7) is 0. The highest BCUT2D eigenvalue weighted by Crippen LogP contribution is 2.23. The first-order valence-electron chi connectivity index (χ1n) is 6.48. The molecule has 1 aliphatic carbocycles. The van der Waals surface area contributed by atoms with Crippen molar-refractivity contribution < 1.29 is 24.2 Å². The van der Waals surface area contributed by atoms with Crippen LogP contribution >= 0.6 is 0 Å². The summed E-state index contributed by atoms with van der Waals surface area (Å²) in [5.74, 6) is -0.691. The molecular weight excluding hydrogens is 274 g/mol. The van der Waals surface area contributed by atoms with Crippen LogP contribution in [0.25, 0.3) is 0 Å². The second-order valence-electron chi connectivity index (χ2n) is 4.75. The first-order valence-corrected chi connectivity index (χ1v) is 6.48. The van der Waals surface area contributed by atoms with Crippen LogP contribution in [0.5, 0.6) is 11.5 Å². The van der Waals surface area contributed by atoms with Crippen LogP contribution in [0.3, 0.4) is 0 Å². The number of nitrogens with one attached hydrogen (secondary N) is 1. The number of aliphatic carboxylic acids is 1. The fourth-order valence-corrected chi connectivity index (χ4v) is 2.18. The van der Waals surface area contributed by atoms with Crippen molar-refractivity contribution in [2.75, 3.05) is 14.2 Å². The maximum atomic E-state index is 12.2. The average Bonchev–Trinajstić information content (AvgIpc) is 2.95. The highest BCUT2D eigenvalue weighted by Gasteiger charge is 2.25. The summed E-state index contributed by atoms with van der Waals surface area (Å²) >= 11 is 0. The van der Waals surface area contributed by atoms with Crippen LogP contribution in [0.2, 0.25) is 0 Å². The van der Waals surface area contributed by atoms with Gasteiger partial charge in [0.2, 0.25) is 0 Å². The first kappa shape index (κ1) is 14.9. The molecule has 0 bridgehead atoms. The molecule has 112 valence electrons. The third kappa shape index (κ3) is 3.53. The Morgan fingerprint density at radius 2 is 1.76 bits per heavy atom. The standard InChI is InChI=1S/C15H17NO5/c1-20-12-6-10(7-13(8-12)21-2)14(17)16-11-4-3-9(5-11)15(18)19/h3-4,6-9,11H,5H2,1-2H3,(H,16,17)(H,18,19). The van der Waals surface area contributed by atoms with Gasteiger partial charge in [0.25, 0.3) is 5.91 Å². The SMILES string of the molecule is COc1cc(OC)cc(C(=O)NC2C=CC(C(=O)O)C2)c1. The minimum atomic E-state index is -0.883. The molecule has 1 aliphatic rings. The number of rotatable bonds is 5. The number of carbonyl (C=O) groups is 2. The van der Waals surface area contributed by atoms with Gasteiger partial charge in [-0.1, -0.05) is 12.2 Å². The fraction of sp³-hybridized carbons (Fsp3) is 0.333. The van der Waals surface area contributed by atoms with E-state index in [0.717, 1.165) is 0 Å². The molecule has 1 aromatic rings. The lowest BCUT2D eigenvalue weighted by atomic mass is 10.1. The Morgan fingerprint density at radius 3 is 2.24 bits per heavy atom. The van der Waals surface area contributed by atoms with E-state index >= 15 is 0 Å². The number of ether oxygens (including phenoxy) is 2. The summed E-state index contributed by atoms with van der Waals surface area (Å²) < 4.78 is 10.2. The third-order valence-corrected chi connectivity index (χ3v) is 3.33. The van der Waals surface area contributed by atoms with Crippen molar-refractivity contribution in [2.24, 2.45) is 5.92 Å². The number of hydrogen-bond donors (Lipinski definition) is 2. The lowest BCUT2D eigenvalue weighted by Gasteiger charge is -2.13. The van der Waals surface area contributed by atoms with Gasteiger partial charge in [0.1, 0.15) is 11.5 Å². The molecule has 0 saturated heterocycles. The number of hydrogen-bond acceptors (Lipinski definition) is 4. The van der Waals surface area contributed by atoms with E-state index in [1.165, 1.54) is 14.2 Å². The molecule has 0 heterocycles. The molecule has 2 N–H and O–H groups in total. The zero-order valence-electron chi connectivity index (χ0n) is 11.8. The molecule has 6 nitrogen and oxygen atoms in total. The van der Waals surface area contributed by atoms with E-state index < -0.39 is 11.9 Å². The summed E-state index contributed by atoms with van der Waals surface area (Å²) in [5, 5.41) is 11.7. The molecule has 0 aromatic heterocycles. The summed E-state index contributed by atoms with van der Waals surface area (Å²) in [7, 11) is 3.02. The van der Waals surface area contributed by atoms with Crippen LogP contribution in [0.15, 0.2) is 30.4 Å². The molecule has 21 heavy (non-hydrogen) atoms. The van der Waals surface area contributed by atoms with Gasteiger partial charge in [-0.05, 0) is 18.6 Å². The topological polar surface area (TPSA) is 84.9 Å². The fourth-order valence-electron chi connectivity index (χ4n) is 2.18. The van der Waals surface area contributed by atoms with Crippen LogP contribution in [-0.2, 0) is 4.79 Å². The molecule has 0 aliphatic heterocycles. The van der Waals surface area contributed by atoms with Crippen LogP contribution < -0.4 is 14.8 Å². The second kappa shape index (κ2) is 6.30. The quantitative estimate of drug-likeness (QED) is 0.802. The molecule has 2 unspecified atom stereocenters. The van der Waals surface area contributed by atoms with E-state index in [-0.39, 0.29) is 11.9 Å². The Morgan fingerprint density at radius 1 is 1.14 bits per heavy atom. The van der Waals surface area contributed by atoms with Crippen molar-refractivity contribution in [3.05, 3.63) is 35.9 Å². The summed E-state index contributed by atoms with van der Waals surface area (Å²) in [6, 6.07) is 4.60. The molecule has 0 saturated carbocycles. The van der Waals surface area contributed by atoms with Gasteiger partial charge in [-0.25, -0.2) is 0 Å². The molecule has 6 heteroatoms. The van der Waals surface area contributed by atoms with Crippen molar-refractivity contribution >= 4 is 11.9 Å². The Kier molecular flexibility index (Phi) is 4.47. The molecule has 2 atom stereocenters. The van der Waals surface area contributed by atoms with Gasteiger partial charge in [-0.2, -0.15) is 0 Å². The lowest BCUT2D eigenvalue weighted by molar-refractivity contribution is -0.140. The predicted octanol–water partition coefficient (Wildman–Crippen LogP) is 1.46. The van der Waals surface area contributed by atoms with Crippen LogP contribution in [-0.4, -0.2) is 37.2 Å².